The maximum absolute atomic E-state index is 9.99. The van der Waals surface area contributed by atoms with Crippen LogP contribution in [0.2, 0.25) is 0 Å². The third kappa shape index (κ3) is 1.95. The van der Waals surface area contributed by atoms with Crippen LogP contribution in [0.1, 0.15) is 26.3 Å². The van der Waals surface area contributed by atoms with Gasteiger partial charge in [0, 0.05) is 0 Å². The number of ether oxygens (including phenoxy) is 1. The molecule has 0 aliphatic rings. The van der Waals surface area contributed by atoms with E-state index < -0.39 is 0 Å². The van der Waals surface area contributed by atoms with Gasteiger partial charge in [0.05, 0.1) is 12.5 Å². The first kappa shape index (κ1) is 11.8. The van der Waals surface area contributed by atoms with Gasteiger partial charge >= 0.3 is 0 Å². The number of aromatic hydroxyl groups is 1. The lowest BCUT2D eigenvalue weighted by atomic mass is 9.83. The molecule has 2 heteroatoms. The number of rotatable bonds is 1. The van der Waals surface area contributed by atoms with Gasteiger partial charge in [-0.2, -0.15) is 0 Å². The van der Waals surface area contributed by atoms with Crippen molar-refractivity contribution in [3.8, 4) is 11.5 Å². The number of methoxy groups -OCH3 is 1. The van der Waals surface area contributed by atoms with E-state index in [-0.39, 0.29) is 11.2 Å². The van der Waals surface area contributed by atoms with Crippen molar-refractivity contribution in [2.75, 3.05) is 7.11 Å². The van der Waals surface area contributed by atoms with E-state index in [1.54, 1.807) is 13.2 Å². The van der Waals surface area contributed by atoms with Crippen molar-refractivity contribution in [1.82, 2.24) is 0 Å². The Balaban J connectivity index is 2.88. The molecule has 0 amide bonds. The van der Waals surface area contributed by atoms with Crippen LogP contribution in [0.25, 0.3) is 10.8 Å². The number of hydrogen-bond acceptors (Lipinski definition) is 2. The number of phenolic OH excluding ortho intramolecular Hbond substituents is 1. The van der Waals surface area contributed by atoms with Crippen molar-refractivity contribution in [2.45, 2.75) is 26.2 Å². The van der Waals surface area contributed by atoms with E-state index in [2.05, 4.69) is 26.8 Å². The van der Waals surface area contributed by atoms with Crippen LogP contribution in [0.3, 0.4) is 0 Å². The van der Waals surface area contributed by atoms with Gasteiger partial charge in [-0.15, -0.1) is 0 Å². The second-order valence-electron chi connectivity index (χ2n) is 5.27. The van der Waals surface area contributed by atoms with Crippen molar-refractivity contribution in [3.63, 3.8) is 0 Å². The topological polar surface area (TPSA) is 29.5 Å². The summed E-state index contributed by atoms with van der Waals surface area (Å²) in [6.07, 6.45) is 0. The lowest BCUT2D eigenvalue weighted by Crippen LogP contribution is -2.11. The maximum atomic E-state index is 9.99. The minimum Gasteiger partial charge on any atom is -0.507 e. The monoisotopic (exact) mass is 230 g/mol. The van der Waals surface area contributed by atoms with E-state index in [1.165, 1.54) is 5.56 Å². The SMILES string of the molecule is COc1ccc(C(C)(C)C)c2cccc(O)c12. The van der Waals surface area contributed by atoms with Crippen LogP contribution < -0.4 is 4.74 Å². The van der Waals surface area contributed by atoms with Gasteiger partial charge in [-0.05, 0) is 28.5 Å². The summed E-state index contributed by atoms with van der Waals surface area (Å²) in [5, 5.41) is 11.8. The normalized spacial score (nSPS) is 11.8. The highest BCUT2D eigenvalue weighted by Gasteiger charge is 2.19. The molecule has 0 fully saturated rings. The zero-order valence-electron chi connectivity index (χ0n) is 10.7. The van der Waals surface area contributed by atoms with Crippen molar-refractivity contribution in [1.29, 1.82) is 0 Å². The van der Waals surface area contributed by atoms with E-state index >= 15 is 0 Å². The van der Waals surface area contributed by atoms with Crippen LogP contribution in [0.5, 0.6) is 11.5 Å². The van der Waals surface area contributed by atoms with Crippen LogP contribution in [-0.2, 0) is 5.41 Å². The second-order valence-corrected chi connectivity index (χ2v) is 5.27. The predicted octanol–water partition coefficient (Wildman–Crippen LogP) is 3.85. The Morgan fingerprint density at radius 2 is 1.76 bits per heavy atom. The summed E-state index contributed by atoms with van der Waals surface area (Å²) in [5.41, 5.74) is 1.25. The fraction of sp³-hybridized carbons (Fsp3) is 0.333. The summed E-state index contributed by atoms with van der Waals surface area (Å²) >= 11 is 0. The van der Waals surface area contributed by atoms with Crippen LogP contribution in [-0.4, -0.2) is 12.2 Å². The van der Waals surface area contributed by atoms with Gasteiger partial charge in [0.15, 0.2) is 0 Å². The van der Waals surface area contributed by atoms with Crippen LogP contribution in [0.15, 0.2) is 30.3 Å². The Bertz CT molecular complexity index is 551. The van der Waals surface area contributed by atoms with Crippen molar-refractivity contribution in [2.24, 2.45) is 0 Å². The highest BCUT2D eigenvalue weighted by Crippen LogP contribution is 2.39. The predicted molar refractivity (Wildman–Crippen MR) is 70.9 cm³/mol. The van der Waals surface area contributed by atoms with Gasteiger partial charge in [-0.3, -0.25) is 0 Å². The Morgan fingerprint density at radius 3 is 2.35 bits per heavy atom. The molecule has 0 bridgehead atoms. The molecule has 0 unspecified atom stereocenters. The van der Waals surface area contributed by atoms with Gasteiger partial charge in [-0.25, -0.2) is 0 Å². The fourth-order valence-electron chi connectivity index (χ4n) is 2.18. The Labute approximate surface area is 102 Å². The fourth-order valence-corrected chi connectivity index (χ4v) is 2.18. The molecule has 17 heavy (non-hydrogen) atoms. The largest absolute Gasteiger partial charge is 0.507 e. The molecule has 0 atom stereocenters. The summed E-state index contributed by atoms with van der Waals surface area (Å²) in [6, 6.07) is 9.57. The zero-order chi connectivity index (χ0) is 12.6. The maximum Gasteiger partial charge on any atom is 0.130 e. The molecule has 0 radical (unpaired) electrons. The molecule has 2 aromatic rings. The van der Waals surface area contributed by atoms with Gasteiger partial charge in [0.25, 0.3) is 0 Å². The Morgan fingerprint density at radius 1 is 1.06 bits per heavy atom. The number of hydrogen-bond donors (Lipinski definition) is 1. The second kappa shape index (κ2) is 3.95. The number of benzene rings is 2. The standard InChI is InChI=1S/C15H18O2/c1-15(2,3)11-8-9-13(17-4)14-10(11)6-5-7-12(14)16/h5-9,16H,1-4H3. The molecule has 0 spiro atoms. The van der Waals surface area contributed by atoms with E-state index in [0.717, 1.165) is 10.8 Å². The first-order valence-corrected chi connectivity index (χ1v) is 5.74. The minimum atomic E-state index is 0.0400. The van der Waals surface area contributed by atoms with Crippen molar-refractivity contribution >= 4 is 10.8 Å². The third-order valence-corrected chi connectivity index (χ3v) is 3.01. The van der Waals surface area contributed by atoms with Crippen LogP contribution in [0.4, 0.5) is 0 Å². The van der Waals surface area contributed by atoms with Crippen LogP contribution >= 0.6 is 0 Å². The highest BCUT2D eigenvalue weighted by molar-refractivity contribution is 5.96. The quantitative estimate of drug-likeness (QED) is 0.806. The van der Waals surface area contributed by atoms with Gasteiger partial charge < -0.3 is 9.84 Å². The van der Waals surface area contributed by atoms with E-state index in [0.29, 0.717) is 5.75 Å². The smallest absolute Gasteiger partial charge is 0.130 e. The summed E-state index contributed by atoms with van der Waals surface area (Å²) in [5.74, 6) is 0.983. The molecular weight excluding hydrogens is 212 g/mol. The Kier molecular flexibility index (Phi) is 2.74. The van der Waals surface area contributed by atoms with E-state index in [4.69, 9.17) is 4.74 Å². The molecule has 0 saturated heterocycles. The first-order chi connectivity index (χ1) is 7.95. The summed E-state index contributed by atoms with van der Waals surface area (Å²) in [6.45, 7) is 6.49. The average molecular weight is 230 g/mol. The summed E-state index contributed by atoms with van der Waals surface area (Å²) in [7, 11) is 1.62. The van der Waals surface area contributed by atoms with Crippen molar-refractivity contribution in [3.05, 3.63) is 35.9 Å². The molecule has 0 aliphatic heterocycles. The molecule has 90 valence electrons. The molecule has 2 nitrogen and oxygen atoms in total. The molecule has 1 N–H and O–H groups in total. The summed E-state index contributed by atoms with van der Waals surface area (Å²) in [4.78, 5) is 0. The lowest BCUT2D eigenvalue weighted by molar-refractivity contribution is 0.415. The number of phenols is 1. The summed E-state index contributed by atoms with van der Waals surface area (Å²) < 4.78 is 5.32. The first-order valence-electron chi connectivity index (χ1n) is 5.74. The Hall–Kier alpha value is -1.70. The third-order valence-electron chi connectivity index (χ3n) is 3.01. The minimum absolute atomic E-state index is 0.0400. The number of fused-ring (bicyclic) bond motifs is 1. The van der Waals surface area contributed by atoms with E-state index in [9.17, 15) is 5.11 Å². The molecule has 2 aromatic carbocycles. The van der Waals surface area contributed by atoms with Gasteiger partial charge in [0.2, 0.25) is 0 Å². The molecule has 0 heterocycles. The zero-order valence-corrected chi connectivity index (χ0v) is 10.7. The van der Waals surface area contributed by atoms with Crippen LogP contribution in [0, 0.1) is 0 Å². The lowest BCUT2D eigenvalue weighted by Gasteiger charge is -2.22. The van der Waals surface area contributed by atoms with Gasteiger partial charge in [-0.1, -0.05) is 39.0 Å². The molecular formula is C15H18O2. The average Bonchev–Trinajstić information content (AvgIpc) is 2.26. The molecule has 0 saturated carbocycles. The van der Waals surface area contributed by atoms with Gasteiger partial charge in [0.1, 0.15) is 11.5 Å². The highest BCUT2D eigenvalue weighted by atomic mass is 16.5. The molecule has 2 rings (SSSR count). The van der Waals surface area contributed by atoms with E-state index in [1.807, 2.05) is 18.2 Å². The molecule has 0 aromatic heterocycles. The van der Waals surface area contributed by atoms with Crippen molar-refractivity contribution < 1.29 is 9.84 Å². The molecule has 0 aliphatic carbocycles.